The highest BCUT2D eigenvalue weighted by Crippen LogP contribution is 2.28. The lowest BCUT2D eigenvalue weighted by Crippen LogP contribution is -2.19. The van der Waals surface area contributed by atoms with Gasteiger partial charge in [0, 0.05) is 17.7 Å². The summed E-state index contributed by atoms with van der Waals surface area (Å²) < 4.78 is 27.0. The first-order chi connectivity index (χ1) is 10.0. The zero-order valence-electron chi connectivity index (χ0n) is 11.3. The fourth-order valence-corrected chi connectivity index (χ4v) is 2.27. The summed E-state index contributed by atoms with van der Waals surface area (Å²) in [5.74, 6) is -1.98. The molecule has 0 aromatic heterocycles. The van der Waals surface area contributed by atoms with Gasteiger partial charge in [0.1, 0.15) is 5.82 Å². The number of nitro groups is 1. The van der Waals surface area contributed by atoms with E-state index in [2.05, 4.69) is 5.32 Å². The first-order valence-corrected chi connectivity index (χ1v) is 6.37. The molecule has 1 atom stereocenters. The number of nitrogens with one attached hydrogen (secondary N) is 1. The second kappa shape index (κ2) is 6.41. The van der Waals surface area contributed by atoms with Gasteiger partial charge in [-0.15, -0.1) is 0 Å². The van der Waals surface area contributed by atoms with E-state index in [1.165, 1.54) is 0 Å². The number of benzene rings is 2. The van der Waals surface area contributed by atoms with Gasteiger partial charge in [-0.05, 0) is 25.1 Å². The highest BCUT2D eigenvalue weighted by Gasteiger charge is 2.24. The Bertz CT molecular complexity index is 648. The second-order valence-electron chi connectivity index (χ2n) is 4.61. The van der Waals surface area contributed by atoms with E-state index in [0.717, 1.165) is 11.6 Å². The molecule has 0 aliphatic rings. The molecule has 4 nitrogen and oxygen atoms in total. The van der Waals surface area contributed by atoms with E-state index >= 15 is 0 Å². The van der Waals surface area contributed by atoms with E-state index in [0.29, 0.717) is 6.07 Å². The minimum absolute atomic E-state index is 0.0284. The van der Waals surface area contributed by atoms with E-state index in [-0.39, 0.29) is 18.0 Å². The summed E-state index contributed by atoms with van der Waals surface area (Å²) in [6, 6.07) is 10.5. The van der Waals surface area contributed by atoms with E-state index in [1.807, 2.05) is 30.3 Å². The zero-order chi connectivity index (χ0) is 15.4. The summed E-state index contributed by atoms with van der Waals surface area (Å²) in [7, 11) is 1.69. The predicted octanol–water partition coefficient (Wildman–Crippen LogP) is 3.38. The first kappa shape index (κ1) is 15.1. The second-order valence-corrected chi connectivity index (χ2v) is 4.61. The number of hydrogen-bond acceptors (Lipinski definition) is 3. The maximum atomic E-state index is 13.6. The van der Waals surface area contributed by atoms with Gasteiger partial charge in [0.2, 0.25) is 5.82 Å². The average Bonchev–Trinajstić information content (AvgIpc) is 2.44. The van der Waals surface area contributed by atoms with Gasteiger partial charge in [-0.3, -0.25) is 10.1 Å². The molecule has 2 aromatic rings. The molecule has 0 amide bonds. The predicted molar refractivity (Wildman–Crippen MR) is 75.0 cm³/mol. The largest absolute Gasteiger partial charge is 0.313 e. The van der Waals surface area contributed by atoms with Crippen LogP contribution in [0.4, 0.5) is 14.5 Å². The van der Waals surface area contributed by atoms with Gasteiger partial charge in [-0.2, -0.15) is 4.39 Å². The van der Waals surface area contributed by atoms with Crippen molar-refractivity contribution in [3.8, 4) is 0 Å². The third-order valence-corrected chi connectivity index (χ3v) is 3.26. The van der Waals surface area contributed by atoms with E-state index < -0.39 is 22.2 Å². The number of nitrogens with zero attached hydrogens (tertiary/aromatic N) is 1. The van der Waals surface area contributed by atoms with Crippen LogP contribution >= 0.6 is 0 Å². The van der Waals surface area contributed by atoms with E-state index in [1.54, 1.807) is 7.05 Å². The van der Waals surface area contributed by atoms with Crippen molar-refractivity contribution in [1.82, 2.24) is 5.32 Å². The summed E-state index contributed by atoms with van der Waals surface area (Å²) in [5, 5.41) is 14.0. The standard InChI is InChI=1S/C15H14F2N2O2/c1-18-14(10-5-3-2-4-6-10)8-11-7-12(16)9-13(17)15(11)19(20)21/h2-7,9,14,18H,8H2,1H3. The fraction of sp³-hybridized carbons (Fsp3) is 0.200. The van der Waals surface area contributed by atoms with E-state index in [9.17, 15) is 18.9 Å². The molecule has 1 N–H and O–H groups in total. The zero-order valence-corrected chi connectivity index (χ0v) is 11.3. The quantitative estimate of drug-likeness (QED) is 0.679. The summed E-state index contributed by atoms with van der Waals surface area (Å²) in [6.07, 6.45) is 0.117. The summed E-state index contributed by atoms with van der Waals surface area (Å²) in [6.45, 7) is 0. The Labute approximate surface area is 120 Å². The third kappa shape index (κ3) is 3.41. The molecule has 2 rings (SSSR count). The van der Waals surface area contributed by atoms with E-state index in [4.69, 9.17) is 0 Å². The SMILES string of the molecule is CNC(Cc1cc(F)cc(F)c1[N+](=O)[O-])c1ccccc1. The average molecular weight is 292 g/mol. The normalized spacial score (nSPS) is 12.1. The van der Waals surface area contributed by atoms with Crippen molar-refractivity contribution in [2.75, 3.05) is 7.05 Å². The topological polar surface area (TPSA) is 55.2 Å². The van der Waals surface area contributed by atoms with Crippen molar-refractivity contribution < 1.29 is 13.7 Å². The van der Waals surface area contributed by atoms with Crippen molar-refractivity contribution in [1.29, 1.82) is 0 Å². The number of halogens is 2. The van der Waals surface area contributed by atoms with Crippen LogP contribution < -0.4 is 5.32 Å². The molecule has 1 unspecified atom stereocenters. The van der Waals surface area contributed by atoms with Crippen LogP contribution in [0, 0.1) is 21.7 Å². The van der Waals surface area contributed by atoms with Crippen molar-refractivity contribution in [3.63, 3.8) is 0 Å². The highest BCUT2D eigenvalue weighted by molar-refractivity contribution is 5.43. The number of likely N-dealkylation sites (N-methyl/N-ethyl adjacent to an activating group) is 1. The lowest BCUT2D eigenvalue weighted by atomic mass is 9.97. The minimum atomic E-state index is -1.15. The molecular formula is C15H14F2N2O2. The van der Waals surface area contributed by atoms with Crippen molar-refractivity contribution >= 4 is 5.69 Å². The van der Waals surface area contributed by atoms with Gasteiger partial charge in [-0.1, -0.05) is 30.3 Å². The molecule has 0 fully saturated rings. The van der Waals surface area contributed by atoms with Crippen LogP contribution in [0.2, 0.25) is 0 Å². The molecule has 0 aliphatic carbocycles. The van der Waals surface area contributed by atoms with Crippen molar-refractivity contribution in [2.24, 2.45) is 0 Å². The molecule has 2 aromatic carbocycles. The Morgan fingerprint density at radius 3 is 2.48 bits per heavy atom. The Balaban J connectivity index is 2.40. The Kier molecular flexibility index (Phi) is 4.59. The molecule has 0 bridgehead atoms. The Morgan fingerprint density at radius 1 is 1.24 bits per heavy atom. The smallest absolute Gasteiger partial charge is 0.308 e. The van der Waals surface area contributed by atoms with Crippen LogP contribution in [0.1, 0.15) is 17.2 Å². The third-order valence-electron chi connectivity index (χ3n) is 3.26. The maximum absolute atomic E-state index is 13.6. The van der Waals surface area contributed by atoms with Gasteiger partial charge in [0.15, 0.2) is 0 Å². The van der Waals surface area contributed by atoms with Crippen LogP contribution in [0.15, 0.2) is 42.5 Å². The lowest BCUT2D eigenvalue weighted by molar-refractivity contribution is -0.388. The highest BCUT2D eigenvalue weighted by atomic mass is 19.1. The molecule has 21 heavy (non-hydrogen) atoms. The first-order valence-electron chi connectivity index (χ1n) is 6.37. The number of nitro benzene ring substituents is 1. The van der Waals surface area contributed by atoms with Crippen LogP contribution in [0.25, 0.3) is 0 Å². The molecule has 0 spiro atoms. The summed E-state index contributed by atoms with van der Waals surface area (Å²) in [5.41, 5.74) is 0.243. The summed E-state index contributed by atoms with van der Waals surface area (Å²) in [4.78, 5) is 10.2. The monoisotopic (exact) mass is 292 g/mol. The molecular weight excluding hydrogens is 278 g/mol. The van der Waals surface area contributed by atoms with Crippen molar-refractivity contribution in [2.45, 2.75) is 12.5 Å². The molecule has 0 saturated carbocycles. The van der Waals surface area contributed by atoms with Gasteiger partial charge in [0.25, 0.3) is 0 Å². The van der Waals surface area contributed by atoms with Gasteiger partial charge >= 0.3 is 5.69 Å². The number of rotatable bonds is 5. The van der Waals surface area contributed by atoms with Gasteiger partial charge < -0.3 is 5.32 Å². The molecule has 0 aliphatic heterocycles. The van der Waals surface area contributed by atoms with Crippen LogP contribution in [-0.2, 0) is 6.42 Å². The Hall–Kier alpha value is -2.34. The number of hydrogen-bond donors (Lipinski definition) is 1. The van der Waals surface area contributed by atoms with Gasteiger partial charge in [0.05, 0.1) is 4.92 Å². The van der Waals surface area contributed by atoms with Crippen LogP contribution in [0.5, 0.6) is 0 Å². The molecule has 0 radical (unpaired) electrons. The Morgan fingerprint density at radius 2 is 1.90 bits per heavy atom. The van der Waals surface area contributed by atoms with Crippen molar-refractivity contribution in [3.05, 3.63) is 75.3 Å². The maximum Gasteiger partial charge on any atom is 0.308 e. The molecule has 0 heterocycles. The summed E-state index contributed by atoms with van der Waals surface area (Å²) >= 11 is 0. The fourth-order valence-electron chi connectivity index (χ4n) is 2.27. The van der Waals surface area contributed by atoms with Crippen LogP contribution in [-0.4, -0.2) is 12.0 Å². The minimum Gasteiger partial charge on any atom is -0.313 e. The van der Waals surface area contributed by atoms with Gasteiger partial charge in [-0.25, -0.2) is 4.39 Å². The molecule has 110 valence electrons. The van der Waals surface area contributed by atoms with Crippen LogP contribution in [0.3, 0.4) is 0 Å². The lowest BCUT2D eigenvalue weighted by Gasteiger charge is -2.17. The molecule has 6 heteroatoms. The molecule has 0 saturated heterocycles.